The van der Waals surface area contributed by atoms with Crippen LogP contribution in [0.1, 0.15) is 33.4 Å². The van der Waals surface area contributed by atoms with Crippen LogP contribution >= 0.6 is 23.2 Å². The van der Waals surface area contributed by atoms with Crippen molar-refractivity contribution in [3.63, 3.8) is 0 Å². The fourth-order valence-electron chi connectivity index (χ4n) is 6.08. The molecule has 1 saturated heterocycles. The summed E-state index contributed by atoms with van der Waals surface area (Å²) >= 11 is 14.8. The molecule has 0 aromatic heterocycles. The van der Waals surface area contributed by atoms with Gasteiger partial charge in [-0.05, 0) is 53.3 Å². The number of nitrogens with one attached hydrogen (secondary N) is 1. The van der Waals surface area contributed by atoms with E-state index < -0.39 is 45.9 Å². The van der Waals surface area contributed by atoms with Crippen molar-refractivity contribution in [2.75, 3.05) is 11.9 Å². The second-order valence-electron chi connectivity index (χ2n) is 9.60. The molecule has 0 radical (unpaired) electrons. The Hall–Kier alpha value is -3.15. The first-order valence-electron chi connectivity index (χ1n) is 11.5. The summed E-state index contributed by atoms with van der Waals surface area (Å²) < 4.78 is 0. The van der Waals surface area contributed by atoms with Crippen LogP contribution in [-0.4, -0.2) is 29.2 Å². The maximum absolute atomic E-state index is 13.8. The Balaban J connectivity index is 1.42. The molecule has 0 spiro atoms. The van der Waals surface area contributed by atoms with Crippen molar-refractivity contribution in [3.05, 3.63) is 100 Å². The van der Waals surface area contributed by atoms with E-state index in [2.05, 4.69) is 5.32 Å². The van der Waals surface area contributed by atoms with Crippen molar-refractivity contribution in [1.82, 2.24) is 4.90 Å². The number of rotatable bonds is 3. The van der Waals surface area contributed by atoms with E-state index in [0.29, 0.717) is 5.69 Å². The summed E-state index contributed by atoms with van der Waals surface area (Å²) in [6.45, 7) is 3.42. The first-order valence-corrected chi connectivity index (χ1v) is 12.2. The fourth-order valence-corrected chi connectivity index (χ4v) is 7.18. The highest BCUT2D eigenvalue weighted by molar-refractivity contribution is 6.36. The minimum Gasteiger partial charge on any atom is -0.324 e. The molecule has 7 heteroatoms. The van der Waals surface area contributed by atoms with Crippen LogP contribution < -0.4 is 5.32 Å². The summed E-state index contributed by atoms with van der Waals surface area (Å²) in [5.41, 5.74) is 5.47. The minimum atomic E-state index is -1.25. The molecule has 3 aliphatic carbocycles. The van der Waals surface area contributed by atoms with Gasteiger partial charge in [-0.3, -0.25) is 19.3 Å². The third kappa shape index (κ3) is 2.79. The van der Waals surface area contributed by atoms with E-state index in [4.69, 9.17) is 23.2 Å². The number of benzene rings is 3. The van der Waals surface area contributed by atoms with E-state index in [0.717, 1.165) is 38.3 Å². The van der Waals surface area contributed by atoms with Crippen molar-refractivity contribution in [2.24, 2.45) is 11.8 Å². The van der Waals surface area contributed by atoms with Gasteiger partial charge < -0.3 is 5.32 Å². The fraction of sp³-hybridized carbons (Fsp3) is 0.250. The van der Waals surface area contributed by atoms with E-state index in [1.54, 1.807) is 0 Å². The number of anilines is 1. The highest BCUT2D eigenvalue weighted by atomic mass is 35.5. The van der Waals surface area contributed by atoms with Gasteiger partial charge in [0, 0.05) is 5.69 Å². The molecular weight excluding hydrogens is 483 g/mol. The van der Waals surface area contributed by atoms with Crippen LogP contribution in [0.5, 0.6) is 0 Å². The summed E-state index contributed by atoms with van der Waals surface area (Å²) in [5, 5.41) is 2.84. The Morgan fingerprint density at radius 1 is 0.829 bits per heavy atom. The normalized spacial score (nSPS) is 27.9. The quantitative estimate of drug-likeness (QED) is 0.410. The smallest absolute Gasteiger partial charge is 0.244 e. The molecule has 3 aromatic rings. The molecule has 5 nitrogen and oxygen atoms in total. The highest BCUT2D eigenvalue weighted by Gasteiger charge is 2.73. The number of halogens is 2. The minimum absolute atomic E-state index is 0.398. The molecule has 4 aliphatic rings. The van der Waals surface area contributed by atoms with Crippen LogP contribution in [0.4, 0.5) is 5.69 Å². The topological polar surface area (TPSA) is 66.5 Å². The monoisotopic (exact) mass is 504 g/mol. The zero-order valence-corrected chi connectivity index (χ0v) is 20.7. The molecule has 1 aliphatic heterocycles. The van der Waals surface area contributed by atoms with Crippen molar-refractivity contribution in [3.8, 4) is 0 Å². The Kier molecular flexibility index (Phi) is 4.73. The van der Waals surface area contributed by atoms with Crippen molar-refractivity contribution in [1.29, 1.82) is 0 Å². The number of hydrogen-bond acceptors (Lipinski definition) is 3. The summed E-state index contributed by atoms with van der Waals surface area (Å²) in [6.07, 6.45) is 0. The number of nitrogens with zero attached hydrogens (tertiary/aromatic N) is 1. The summed E-state index contributed by atoms with van der Waals surface area (Å²) in [5.74, 6) is -3.21. The van der Waals surface area contributed by atoms with Crippen LogP contribution in [0.25, 0.3) is 0 Å². The van der Waals surface area contributed by atoms with Gasteiger partial charge in [-0.1, -0.05) is 60.7 Å². The largest absolute Gasteiger partial charge is 0.324 e. The van der Waals surface area contributed by atoms with Gasteiger partial charge in [-0.2, -0.15) is 0 Å². The molecule has 0 unspecified atom stereocenters. The van der Waals surface area contributed by atoms with Gasteiger partial charge in [-0.15, -0.1) is 23.2 Å². The zero-order chi connectivity index (χ0) is 24.7. The van der Waals surface area contributed by atoms with Crippen LogP contribution in [0.2, 0.25) is 0 Å². The third-order valence-electron chi connectivity index (χ3n) is 7.65. The maximum Gasteiger partial charge on any atom is 0.244 e. The lowest BCUT2D eigenvalue weighted by Crippen LogP contribution is -2.57. The number of hydrogen-bond donors (Lipinski definition) is 1. The lowest BCUT2D eigenvalue weighted by Gasteiger charge is -2.54. The molecule has 35 heavy (non-hydrogen) atoms. The summed E-state index contributed by atoms with van der Waals surface area (Å²) in [4.78, 5) is 39.1. The van der Waals surface area contributed by atoms with Crippen LogP contribution in [0.3, 0.4) is 0 Å². The van der Waals surface area contributed by atoms with Crippen LogP contribution in [-0.2, 0) is 24.1 Å². The predicted molar refractivity (Wildman–Crippen MR) is 134 cm³/mol. The lowest BCUT2D eigenvalue weighted by atomic mass is 9.54. The molecule has 0 saturated carbocycles. The number of alkyl halides is 2. The van der Waals surface area contributed by atoms with E-state index in [1.807, 2.05) is 80.6 Å². The number of amides is 3. The molecule has 3 amide bonds. The molecule has 2 atom stereocenters. The zero-order valence-electron chi connectivity index (χ0n) is 19.1. The van der Waals surface area contributed by atoms with E-state index in [9.17, 15) is 14.4 Å². The van der Waals surface area contributed by atoms with E-state index in [-0.39, 0.29) is 0 Å². The first-order chi connectivity index (χ1) is 16.7. The molecule has 176 valence electrons. The van der Waals surface area contributed by atoms with Gasteiger partial charge in [0.25, 0.3) is 0 Å². The summed E-state index contributed by atoms with van der Waals surface area (Å²) in [6, 6.07) is 20.7. The van der Waals surface area contributed by atoms with Gasteiger partial charge >= 0.3 is 0 Å². The Morgan fingerprint density at radius 3 is 1.74 bits per heavy atom. The van der Waals surface area contributed by atoms with Crippen molar-refractivity contribution in [2.45, 2.75) is 23.6 Å². The molecule has 1 heterocycles. The molecule has 7 rings (SSSR count). The lowest BCUT2D eigenvalue weighted by molar-refractivity contribution is -0.142. The summed E-state index contributed by atoms with van der Waals surface area (Å²) in [7, 11) is 0. The second kappa shape index (κ2) is 7.42. The predicted octanol–water partition coefficient (Wildman–Crippen LogP) is 4.84. The van der Waals surface area contributed by atoms with Crippen molar-refractivity contribution < 1.29 is 14.4 Å². The molecule has 3 aromatic carbocycles. The standard InChI is InChI=1S/C28H22Cl2N2O3/c1-15-11-12-16(2)21(13-15)31-22(33)14-32-25(34)23-24(26(32)35)28(30)18-8-4-3-7-17(18)27(23,29)19-9-5-6-10-20(19)28/h3-13,23-24H,14H2,1-2H3,(H,31,33)/t23-,24-,27?,28?/m1/s1. The average molecular weight is 505 g/mol. The molecule has 1 N–H and O–H groups in total. The third-order valence-corrected chi connectivity index (χ3v) is 8.93. The van der Waals surface area contributed by atoms with Gasteiger partial charge in [0.15, 0.2) is 0 Å². The number of carbonyl (C=O) groups excluding carboxylic acids is 3. The number of carbonyl (C=O) groups is 3. The Labute approximate surface area is 213 Å². The van der Waals surface area contributed by atoms with E-state index >= 15 is 0 Å². The highest BCUT2D eigenvalue weighted by Crippen LogP contribution is 2.69. The molecule has 1 fully saturated rings. The SMILES string of the molecule is Cc1ccc(C)c(NC(=O)CN2C(=O)[C@H]3[C@H](C2=O)C2(Cl)c4ccccc4C3(Cl)c3ccccc32)c1. The maximum atomic E-state index is 13.8. The molecular formula is C28H22Cl2N2O3. The van der Waals surface area contributed by atoms with Crippen molar-refractivity contribution >= 4 is 46.6 Å². The molecule has 2 bridgehead atoms. The first kappa shape index (κ1) is 22.3. The number of imide groups is 1. The van der Waals surface area contributed by atoms with Gasteiger partial charge in [0.2, 0.25) is 17.7 Å². The van der Waals surface area contributed by atoms with Gasteiger partial charge in [0.05, 0.1) is 11.8 Å². The Morgan fingerprint density at radius 2 is 1.29 bits per heavy atom. The van der Waals surface area contributed by atoms with Crippen LogP contribution in [0, 0.1) is 25.7 Å². The van der Waals surface area contributed by atoms with Gasteiger partial charge in [0.1, 0.15) is 16.3 Å². The van der Waals surface area contributed by atoms with Gasteiger partial charge in [-0.25, -0.2) is 0 Å². The van der Waals surface area contributed by atoms with Crippen LogP contribution in [0.15, 0.2) is 66.7 Å². The second-order valence-corrected chi connectivity index (χ2v) is 10.8. The number of likely N-dealkylation sites (tertiary alicyclic amines) is 1. The number of aryl methyl sites for hydroxylation is 2. The average Bonchev–Trinajstić information content (AvgIpc) is 3.10. The van der Waals surface area contributed by atoms with E-state index in [1.165, 1.54) is 0 Å². The Bertz CT molecular complexity index is 1330.